The molecule has 0 saturated heterocycles. The molecular weight excluding hydrogens is 280 g/mol. The van der Waals surface area contributed by atoms with Crippen molar-refractivity contribution >= 4 is 11.5 Å². The molecule has 0 atom stereocenters. The van der Waals surface area contributed by atoms with Gasteiger partial charge in [0.2, 0.25) is 5.91 Å². The molecule has 110 valence electrons. The van der Waals surface area contributed by atoms with E-state index in [-0.39, 0.29) is 17.1 Å². The van der Waals surface area contributed by atoms with Gasteiger partial charge < -0.3 is 15.5 Å². The Morgan fingerprint density at radius 3 is 2.50 bits per heavy atom. The normalized spacial score (nSPS) is 10.8. The number of hydrogen-bond acceptors (Lipinski definition) is 4. The summed E-state index contributed by atoms with van der Waals surface area (Å²) >= 11 is 0. The minimum Gasteiger partial charge on any atom is -0.504 e. The minimum atomic E-state index is -0.409. The first-order valence-corrected chi connectivity index (χ1v) is 6.56. The molecule has 2 rings (SSSR count). The highest BCUT2D eigenvalue weighted by molar-refractivity contribution is 5.98. The van der Waals surface area contributed by atoms with Gasteiger partial charge in [-0.3, -0.25) is 4.79 Å². The first-order chi connectivity index (χ1) is 10.6. The van der Waals surface area contributed by atoms with Crippen molar-refractivity contribution in [2.45, 2.75) is 6.54 Å². The predicted octanol–water partition coefficient (Wildman–Crippen LogP) is 2.32. The Balaban J connectivity index is 2.09. The molecule has 0 spiro atoms. The molecule has 1 amide bonds. The van der Waals surface area contributed by atoms with Crippen molar-refractivity contribution in [1.82, 2.24) is 5.32 Å². The van der Waals surface area contributed by atoms with E-state index in [1.54, 1.807) is 0 Å². The molecule has 0 unspecified atom stereocenters. The van der Waals surface area contributed by atoms with Gasteiger partial charge in [0.05, 0.1) is 11.6 Å². The van der Waals surface area contributed by atoms with E-state index in [1.807, 2.05) is 36.4 Å². The number of hydrogen-bond donors (Lipinski definition) is 3. The third-order valence-electron chi connectivity index (χ3n) is 2.99. The van der Waals surface area contributed by atoms with Crippen LogP contribution in [-0.4, -0.2) is 16.1 Å². The molecule has 0 fully saturated rings. The van der Waals surface area contributed by atoms with E-state index >= 15 is 0 Å². The van der Waals surface area contributed by atoms with Gasteiger partial charge in [0.15, 0.2) is 11.5 Å². The van der Waals surface area contributed by atoms with Crippen LogP contribution in [0.15, 0.2) is 54.6 Å². The summed E-state index contributed by atoms with van der Waals surface area (Å²) in [5, 5.41) is 30.5. The van der Waals surface area contributed by atoms with Crippen molar-refractivity contribution < 1.29 is 15.0 Å². The van der Waals surface area contributed by atoms with Gasteiger partial charge in [0.1, 0.15) is 0 Å². The lowest BCUT2D eigenvalue weighted by atomic mass is 10.1. The maximum absolute atomic E-state index is 11.9. The van der Waals surface area contributed by atoms with Gasteiger partial charge in [0, 0.05) is 12.6 Å². The topological polar surface area (TPSA) is 93.4 Å². The molecule has 5 heteroatoms. The summed E-state index contributed by atoms with van der Waals surface area (Å²) in [6.45, 7) is 0.357. The van der Waals surface area contributed by atoms with E-state index in [4.69, 9.17) is 5.26 Å². The first-order valence-electron chi connectivity index (χ1n) is 6.56. The molecule has 0 aliphatic carbocycles. The largest absolute Gasteiger partial charge is 0.504 e. The first kappa shape index (κ1) is 15.1. The van der Waals surface area contributed by atoms with Gasteiger partial charge in [-0.15, -0.1) is 0 Å². The second-order valence-corrected chi connectivity index (χ2v) is 4.58. The summed E-state index contributed by atoms with van der Waals surface area (Å²) in [4.78, 5) is 11.9. The lowest BCUT2D eigenvalue weighted by Crippen LogP contribution is -2.20. The van der Waals surface area contributed by atoms with Crippen LogP contribution in [0.25, 0.3) is 5.57 Å². The molecule has 0 radical (unpaired) electrons. The molecule has 0 bridgehead atoms. The molecule has 0 heterocycles. The van der Waals surface area contributed by atoms with Gasteiger partial charge in [-0.05, 0) is 29.3 Å². The van der Waals surface area contributed by atoms with Crippen LogP contribution in [0.5, 0.6) is 11.5 Å². The number of rotatable bonds is 4. The average molecular weight is 294 g/mol. The number of nitriles is 1. The number of carbonyl (C=O) groups excluding carboxylic acids is 1. The summed E-state index contributed by atoms with van der Waals surface area (Å²) in [7, 11) is 0. The van der Waals surface area contributed by atoms with Crippen molar-refractivity contribution in [3.05, 3.63) is 65.7 Å². The van der Waals surface area contributed by atoms with Crippen molar-refractivity contribution in [3.63, 3.8) is 0 Å². The molecule has 0 aliphatic rings. The molecule has 2 aromatic carbocycles. The average Bonchev–Trinajstić information content (AvgIpc) is 2.54. The van der Waals surface area contributed by atoms with Gasteiger partial charge in [-0.1, -0.05) is 30.3 Å². The van der Waals surface area contributed by atoms with E-state index in [1.165, 1.54) is 18.2 Å². The van der Waals surface area contributed by atoms with Gasteiger partial charge >= 0.3 is 0 Å². The number of nitrogens with zero attached hydrogens (tertiary/aromatic N) is 1. The SMILES string of the molecule is N#CC(=CC(=O)NCc1ccccc1)c1ccc(O)c(O)c1. The van der Waals surface area contributed by atoms with Gasteiger partial charge in [-0.2, -0.15) is 5.26 Å². The highest BCUT2D eigenvalue weighted by atomic mass is 16.3. The molecule has 0 aromatic heterocycles. The zero-order valence-corrected chi connectivity index (χ0v) is 11.7. The Morgan fingerprint density at radius 2 is 1.86 bits per heavy atom. The highest BCUT2D eigenvalue weighted by Gasteiger charge is 2.07. The van der Waals surface area contributed by atoms with E-state index in [0.29, 0.717) is 12.1 Å². The zero-order chi connectivity index (χ0) is 15.9. The van der Waals surface area contributed by atoms with E-state index in [2.05, 4.69) is 5.32 Å². The standard InChI is InChI=1S/C17H14N2O3/c18-10-14(13-6-7-15(20)16(21)8-13)9-17(22)19-11-12-4-2-1-3-5-12/h1-9,20-21H,11H2,(H,19,22). The Morgan fingerprint density at radius 1 is 1.14 bits per heavy atom. The van der Waals surface area contributed by atoms with E-state index in [9.17, 15) is 15.0 Å². The summed E-state index contributed by atoms with van der Waals surface area (Å²) in [6.07, 6.45) is 1.16. The van der Waals surface area contributed by atoms with Crippen LogP contribution >= 0.6 is 0 Å². The van der Waals surface area contributed by atoms with Crippen molar-refractivity contribution in [2.75, 3.05) is 0 Å². The van der Waals surface area contributed by atoms with Gasteiger partial charge in [0.25, 0.3) is 0 Å². The molecule has 0 aliphatic heterocycles. The number of amides is 1. The second-order valence-electron chi connectivity index (χ2n) is 4.58. The fourth-order valence-electron chi connectivity index (χ4n) is 1.84. The molecule has 0 saturated carbocycles. The highest BCUT2D eigenvalue weighted by Crippen LogP contribution is 2.27. The summed E-state index contributed by atoms with van der Waals surface area (Å²) < 4.78 is 0. The lowest BCUT2D eigenvalue weighted by molar-refractivity contribution is -0.116. The van der Waals surface area contributed by atoms with Crippen LogP contribution in [0.2, 0.25) is 0 Å². The molecular formula is C17H14N2O3. The fourth-order valence-corrected chi connectivity index (χ4v) is 1.84. The van der Waals surface area contributed by atoms with Crippen LogP contribution < -0.4 is 5.32 Å². The summed E-state index contributed by atoms with van der Waals surface area (Å²) in [6, 6.07) is 15.2. The van der Waals surface area contributed by atoms with Crippen molar-refractivity contribution in [1.29, 1.82) is 5.26 Å². The minimum absolute atomic E-state index is 0.0980. The second kappa shape index (κ2) is 6.95. The smallest absolute Gasteiger partial charge is 0.245 e. The summed E-state index contributed by atoms with van der Waals surface area (Å²) in [5.41, 5.74) is 1.40. The number of phenols is 2. The number of benzene rings is 2. The zero-order valence-electron chi connectivity index (χ0n) is 11.7. The lowest BCUT2D eigenvalue weighted by Gasteiger charge is -2.04. The van der Waals surface area contributed by atoms with Crippen LogP contribution in [-0.2, 0) is 11.3 Å². The number of nitrogens with one attached hydrogen (secondary N) is 1. The monoisotopic (exact) mass is 294 g/mol. The third kappa shape index (κ3) is 3.87. The molecule has 5 nitrogen and oxygen atoms in total. The Labute approximate surface area is 127 Å². The number of allylic oxidation sites excluding steroid dienone is 1. The number of phenolic OH excluding ortho intramolecular Hbond substituents is 2. The summed E-state index contributed by atoms with van der Waals surface area (Å²) in [5.74, 6) is -1.04. The molecule has 2 aromatic rings. The van der Waals surface area contributed by atoms with Crippen LogP contribution in [0.1, 0.15) is 11.1 Å². The van der Waals surface area contributed by atoms with Crippen molar-refractivity contribution in [3.8, 4) is 17.6 Å². The maximum Gasteiger partial charge on any atom is 0.245 e. The Bertz CT molecular complexity index is 746. The van der Waals surface area contributed by atoms with Crippen LogP contribution in [0.3, 0.4) is 0 Å². The molecule has 3 N–H and O–H groups in total. The fraction of sp³-hybridized carbons (Fsp3) is 0.0588. The third-order valence-corrected chi connectivity index (χ3v) is 2.99. The molecule has 22 heavy (non-hydrogen) atoms. The van der Waals surface area contributed by atoms with Crippen molar-refractivity contribution in [2.24, 2.45) is 0 Å². The Hall–Kier alpha value is -3.26. The number of aromatic hydroxyl groups is 2. The maximum atomic E-state index is 11.9. The predicted molar refractivity (Wildman–Crippen MR) is 81.7 cm³/mol. The van der Waals surface area contributed by atoms with E-state index in [0.717, 1.165) is 11.6 Å². The Kier molecular flexibility index (Phi) is 4.78. The van der Waals surface area contributed by atoms with Crippen LogP contribution in [0.4, 0.5) is 0 Å². The van der Waals surface area contributed by atoms with Crippen LogP contribution in [0, 0.1) is 11.3 Å². The number of carbonyl (C=O) groups is 1. The van der Waals surface area contributed by atoms with Gasteiger partial charge in [-0.25, -0.2) is 0 Å². The van der Waals surface area contributed by atoms with E-state index < -0.39 is 5.91 Å². The quantitative estimate of drug-likeness (QED) is 0.458.